The molecule has 0 saturated heterocycles. The molecule has 1 aromatic rings. The van der Waals surface area contributed by atoms with Crippen LogP contribution >= 0.6 is 0 Å². The first-order chi connectivity index (χ1) is 10.0. The quantitative estimate of drug-likeness (QED) is 0.510. The fourth-order valence-electron chi connectivity index (χ4n) is 1.91. The van der Waals surface area contributed by atoms with E-state index in [0.29, 0.717) is 5.56 Å². The number of aliphatic hydroxyl groups is 1. The van der Waals surface area contributed by atoms with Gasteiger partial charge in [0.1, 0.15) is 5.82 Å². The maximum Gasteiger partial charge on any atom is 0.315 e. The summed E-state index contributed by atoms with van der Waals surface area (Å²) in [6.07, 6.45) is 3.78. The normalized spacial score (nSPS) is 13.3. The highest BCUT2D eigenvalue weighted by Gasteiger charge is 2.11. The van der Waals surface area contributed by atoms with Crippen molar-refractivity contribution in [1.29, 1.82) is 0 Å². The molecule has 5 heteroatoms. The number of allylic oxidation sites excluding steroid dienone is 1. The molecule has 0 aliphatic rings. The van der Waals surface area contributed by atoms with Crippen LogP contribution < -0.4 is 10.6 Å². The van der Waals surface area contributed by atoms with Crippen molar-refractivity contribution >= 4 is 6.03 Å². The number of carbonyl (C=O) groups excluding carboxylic acids is 1. The van der Waals surface area contributed by atoms with Crippen LogP contribution in [0.2, 0.25) is 0 Å². The van der Waals surface area contributed by atoms with E-state index >= 15 is 0 Å². The molecule has 0 aliphatic heterocycles. The van der Waals surface area contributed by atoms with Gasteiger partial charge in [-0.2, -0.15) is 0 Å². The van der Waals surface area contributed by atoms with Gasteiger partial charge in [-0.25, -0.2) is 9.18 Å². The van der Waals surface area contributed by atoms with E-state index < -0.39 is 6.10 Å². The number of rotatable bonds is 8. The predicted molar refractivity (Wildman–Crippen MR) is 81.4 cm³/mol. The Hall–Kier alpha value is -1.88. The van der Waals surface area contributed by atoms with Crippen molar-refractivity contribution in [3.05, 3.63) is 48.3 Å². The number of benzene rings is 1. The highest BCUT2D eigenvalue weighted by molar-refractivity contribution is 5.74. The van der Waals surface area contributed by atoms with E-state index in [-0.39, 0.29) is 24.4 Å². The summed E-state index contributed by atoms with van der Waals surface area (Å²) >= 11 is 0. The number of carbonyl (C=O) groups is 1. The van der Waals surface area contributed by atoms with Gasteiger partial charge in [-0.3, -0.25) is 0 Å². The summed E-state index contributed by atoms with van der Waals surface area (Å²) in [6, 6.07) is 5.30. The Labute approximate surface area is 125 Å². The molecule has 0 saturated carbocycles. The van der Waals surface area contributed by atoms with Gasteiger partial charge in [0, 0.05) is 12.6 Å². The molecule has 1 rings (SSSR count). The van der Waals surface area contributed by atoms with Crippen LogP contribution in [0.25, 0.3) is 0 Å². The van der Waals surface area contributed by atoms with Gasteiger partial charge < -0.3 is 15.7 Å². The van der Waals surface area contributed by atoms with E-state index in [0.717, 1.165) is 19.3 Å². The Morgan fingerprint density at radius 3 is 2.71 bits per heavy atom. The summed E-state index contributed by atoms with van der Waals surface area (Å²) in [6.45, 7) is 5.66. The van der Waals surface area contributed by atoms with Crippen LogP contribution in [-0.2, 0) is 0 Å². The standard InChI is InChI=1S/C16H23FN2O2/c1-3-4-5-6-12(2)19-16(21)18-11-15(20)13-7-9-14(17)10-8-13/h3,7-10,12,15,20H,1,4-6,11H2,2H3,(H2,18,19,21). The minimum atomic E-state index is -0.854. The van der Waals surface area contributed by atoms with Gasteiger partial charge in [-0.15, -0.1) is 6.58 Å². The summed E-state index contributed by atoms with van der Waals surface area (Å²) in [5.74, 6) is -0.356. The SMILES string of the molecule is C=CCCCC(C)NC(=O)NCC(O)c1ccc(F)cc1. The molecule has 21 heavy (non-hydrogen) atoms. The molecule has 0 heterocycles. The summed E-state index contributed by atoms with van der Waals surface area (Å²) in [7, 11) is 0. The van der Waals surface area contributed by atoms with Crippen LogP contribution in [0.1, 0.15) is 37.9 Å². The van der Waals surface area contributed by atoms with E-state index in [1.54, 1.807) is 0 Å². The third-order valence-electron chi connectivity index (χ3n) is 3.13. The van der Waals surface area contributed by atoms with Gasteiger partial charge in [0.25, 0.3) is 0 Å². The van der Waals surface area contributed by atoms with E-state index in [1.807, 2.05) is 13.0 Å². The highest BCUT2D eigenvalue weighted by Crippen LogP contribution is 2.12. The Kier molecular flexibility index (Phi) is 7.46. The summed E-state index contributed by atoms with van der Waals surface area (Å²) in [5, 5.41) is 15.3. The lowest BCUT2D eigenvalue weighted by Crippen LogP contribution is -2.42. The van der Waals surface area contributed by atoms with E-state index in [2.05, 4.69) is 17.2 Å². The topological polar surface area (TPSA) is 61.4 Å². The minimum absolute atomic E-state index is 0.0629. The first-order valence-corrected chi connectivity index (χ1v) is 7.11. The van der Waals surface area contributed by atoms with Crippen LogP contribution in [-0.4, -0.2) is 23.7 Å². The van der Waals surface area contributed by atoms with E-state index in [4.69, 9.17) is 0 Å². The van der Waals surface area contributed by atoms with Gasteiger partial charge in [0.15, 0.2) is 0 Å². The van der Waals surface area contributed by atoms with Crippen molar-refractivity contribution in [3.63, 3.8) is 0 Å². The number of unbranched alkanes of at least 4 members (excludes halogenated alkanes) is 1. The van der Waals surface area contributed by atoms with Gasteiger partial charge in [-0.05, 0) is 43.9 Å². The van der Waals surface area contributed by atoms with E-state index in [1.165, 1.54) is 24.3 Å². The first kappa shape index (κ1) is 17.2. The lowest BCUT2D eigenvalue weighted by atomic mass is 10.1. The zero-order valence-electron chi connectivity index (χ0n) is 12.3. The van der Waals surface area contributed by atoms with Gasteiger partial charge in [-0.1, -0.05) is 18.2 Å². The molecular weight excluding hydrogens is 271 g/mol. The molecular formula is C16H23FN2O2. The van der Waals surface area contributed by atoms with Crippen molar-refractivity contribution < 1.29 is 14.3 Å². The minimum Gasteiger partial charge on any atom is -0.387 e. The molecule has 4 nitrogen and oxygen atoms in total. The molecule has 0 bridgehead atoms. The second-order valence-corrected chi connectivity index (χ2v) is 5.04. The van der Waals surface area contributed by atoms with Crippen LogP contribution in [0, 0.1) is 5.82 Å². The average Bonchev–Trinajstić information content (AvgIpc) is 2.46. The molecule has 2 unspecified atom stereocenters. The number of nitrogens with one attached hydrogen (secondary N) is 2. The predicted octanol–water partition coefficient (Wildman–Crippen LogP) is 2.90. The molecule has 1 aromatic carbocycles. The molecule has 2 amide bonds. The number of amides is 2. The number of urea groups is 1. The van der Waals surface area contributed by atoms with Crippen LogP contribution in [0.5, 0.6) is 0 Å². The fourth-order valence-corrected chi connectivity index (χ4v) is 1.91. The number of aliphatic hydroxyl groups excluding tert-OH is 1. The van der Waals surface area contributed by atoms with Crippen molar-refractivity contribution in [2.45, 2.75) is 38.3 Å². The number of hydrogen-bond donors (Lipinski definition) is 3. The van der Waals surface area contributed by atoms with Crippen molar-refractivity contribution in [3.8, 4) is 0 Å². The van der Waals surface area contributed by atoms with Crippen molar-refractivity contribution in [2.24, 2.45) is 0 Å². The molecule has 0 fully saturated rings. The Bertz CT molecular complexity index is 448. The van der Waals surface area contributed by atoms with Gasteiger partial charge >= 0.3 is 6.03 Å². The first-order valence-electron chi connectivity index (χ1n) is 7.11. The molecule has 0 radical (unpaired) electrons. The Morgan fingerprint density at radius 1 is 1.43 bits per heavy atom. The van der Waals surface area contributed by atoms with Crippen molar-refractivity contribution in [1.82, 2.24) is 10.6 Å². The lowest BCUT2D eigenvalue weighted by molar-refractivity contribution is 0.172. The monoisotopic (exact) mass is 294 g/mol. The Morgan fingerprint density at radius 2 is 2.10 bits per heavy atom. The average molecular weight is 294 g/mol. The molecule has 0 aromatic heterocycles. The fraction of sp³-hybridized carbons (Fsp3) is 0.438. The van der Waals surface area contributed by atoms with Crippen LogP contribution in [0.4, 0.5) is 9.18 Å². The number of halogens is 1. The summed E-state index contributed by atoms with van der Waals surface area (Å²) in [4.78, 5) is 11.7. The second-order valence-electron chi connectivity index (χ2n) is 5.04. The summed E-state index contributed by atoms with van der Waals surface area (Å²) < 4.78 is 12.8. The lowest BCUT2D eigenvalue weighted by Gasteiger charge is -2.16. The number of hydrogen-bond acceptors (Lipinski definition) is 2. The molecule has 3 N–H and O–H groups in total. The second kappa shape index (κ2) is 9.13. The molecule has 116 valence electrons. The maximum atomic E-state index is 12.8. The van der Waals surface area contributed by atoms with Gasteiger partial charge in [0.2, 0.25) is 0 Å². The molecule has 0 spiro atoms. The van der Waals surface area contributed by atoms with Gasteiger partial charge in [0.05, 0.1) is 6.10 Å². The van der Waals surface area contributed by atoms with Crippen LogP contribution in [0.15, 0.2) is 36.9 Å². The zero-order chi connectivity index (χ0) is 15.7. The molecule has 2 atom stereocenters. The van der Waals surface area contributed by atoms with Crippen molar-refractivity contribution in [2.75, 3.05) is 6.54 Å². The summed E-state index contributed by atoms with van der Waals surface area (Å²) in [5.41, 5.74) is 0.565. The molecule has 0 aliphatic carbocycles. The zero-order valence-corrected chi connectivity index (χ0v) is 12.3. The highest BCUT2D eigenvalue weighted by atomic mass is 19.1. The van der Waals surface area contributed by atoms with E-state index in [9.17, 15) is 14.3 Å². The Balaban J connectivity index is 2.28. The largest absolute Gasteiger partial charge is 0.387 e. The van der Waals surface area contributed by atoms with Crippen LogP contribution in [0.3, 0.4) is 0 Å². The maximum absolute atomic E-state index is 12.8. The smallest absolute Gasteiger partial charge is 0.315 e. The third-order valence-corrected chi connectivity index (χ3v) is 3.13. The third kappa shape index (κ3) is 6.90.